The molecule has 0 atom stereocenters. The molecule has 26 heavy (non-hydrogen) atoms. The molecule has 4 rings (SSSR count). The van der Waals surface area contributed by atoms with Crippen LogP contribution in [0.2, 0.25) is 0 Å². The monoisotopic (exact) mass is 347 g/mol. The van der Waals surface area contributed by atoms with Crippen molar-refractivity contribution in [3.05, 3.63) is 77.9 Å². The lowest BCUT2D eigenvalue weighted by Crippen LogP contribution is -2.43. The first-order chi connectivity index (χ1) is 12.7. The van der Waals surface area contributed by atoms with Gasteiger partial charge in [0.2, 0.25) is 0 Å². The molecule has 3 aromatic rings. The third-order valence-electron chi connectivity index (χ3n) is 5.08. The molecular formula is C22H21NO3. The number of hydrogen-bond donors (Lipinski definition) is 2. The summed E-state index contributed by atoms with van der Waals surface area (Å²) in [5.41, 5.74) is 0.537. The number of hydrogen-bond acceptors (Lipinski definition) is 4. The van der Waals surface area contributed by atoms with E-state index in [1.54, 1.807) is 12.1 Å². The number of phenolic OH excluding ortho intramolecular Hbond substituents is 1. The zero-order valence-corrected chi connectivity index (χ0v) is 14.4. The van der Waals surface area contributed by atoms with Crippen molar-refractivity contribution in [1.82, 2.24) is 5.32 Å². The number of benzene rings is 3. The SMILES string of the molecule is O=C(OC1(c2ccccc2)CCNCC1)c1cc2ccccc2cc1O. The fraction of sp³-hybridized carbons (Fsp3) is 0.227. The standard InChI is InChI=1S/C22H21NO3/c24-20-15-17-7-5-4-6-16(17)14-19(20)21(25)26-22(10-12-23-13-11-22)18-8-2-1-3-9-18/h1-9,14-15,23-24H,10-13H2. The molecule has 2 N–H and O–H groups in total. The third kappa shape index (κ3) is 3.04. The van der Waals surface area contributed by atoms with Crippen molar-refractivity contribution in [3.8, 4) is 5.75 Å². The molecule has 0 saturated carbocycles. The molecule has 0 amide bonds. The Hall–Kier alpha value is -2.85. The molecule has 0 spiro atoms. The summed E-state index contributed by atoms with van der Waals surface area (Å²) >= 11 is 0. The number of aromatic hydroxyl groups is 1. The summed E-state index contributed by atoms with van der Waals surface area (Å²) in [6, 6.07) is 20.8. The van der Waals surface area contributed by atoms with E-state index in [4.69, 9.17) is 4.74 Å². The lowest BCUT2D eigenvalue weighted by atomic mass is 9.84. The number of nitrogens with one attached hydrogen (secondary N) is 1. The van der Waals surface area contributed by atoms with Crippen LogP contribution >= 0.6 is 0 Å². The zero-order chi connectivity index (χ0) is 18.0. The predicted molar refractivity (Wildman–Crippen MR) is 101 cm³/mol. The number of phenols is 1. The zero-order valence-electron chi connectivity index (χ0n) is 14.4. The highest BCUT2D eigenvalue weighted by Gasteiger charge is 2.38. The summed E-state index contributed by atoms with van der Waals surface area (Å²) < 4.78 is 6.04. The van der Waals surface area contributed by atoms with Crippen LogP contribution in [-0.2, 0) is 10.3 Å². The number of rotatable bonds is 3. The molecule has 1 saturated heterocycles. The van der Waals surface area contributed by atoms with Crippen molar-refractivity contribution < 1.29 is 14.6 Å². The molecule has 3 aromatic carbocycles. The van der Waals surface area contributed by atoms with Gasteiger partial charge in [-0.25, -0.2) is 4.79 Å². The molecule has 4 nitrogen and oxygen atoms in total. The van der Waals surface area contributed by atoms with Crippen molar-refractivity contribution in [2.45, 2.75) is 18.4 Å². The van der Waals surface area contributed by atoms with Gasteiger partial charge in [-0.2, -0.15) is 0 Å². The van der Waals surface area contributed by atoms with E-state index in [0.717, 1.165) is 29.4 Å². The number of piperidine rings is 1. The van der Waals surface area contributed by atoms with Crippen LogP contribution in [0.25, 0.3) is 10.8 Å². The molecule has 1 heterocycles. The van der Waals surface area contributed by atoms with Gasteiger partial charge in [0.05, 0.1) is 0 Å². The fourth-order valence-corrected chi connectivity index (χ4v) is 3.65. The lowest BCUT2D eigenvalue weighted by Gasteiger charge is -2.37. The Morgan fingerprint density at radius 2 is 1.54 bits per heavy atom. The molecule has 0 aliphatic carbocycles. The number of carbonyl (C=O) groups is 1. The quantitative estimate of drug-likeness (QED) is 0.704. The lowest BCUT2D eigenvalue weighted by molar-refractivity contribution is -0.0380. The van der Waals surface area contributed by atoms with Crippen LogP contribution in [0.4, 0.5) is 0 Å². The smallest absolute Gasteiger partial charge is 0.342 e. The minimum absolute atomic E-state index is 0.0501. The summed E-state index contributed by atoms with van der Waals surface area (Å²) in [6.45, 7) is 1.57. The second-order valence-corrected chi connectivity index (χ2v) is 6.72. The number of fused-ring (bicyclic) bond motifs is 1. The molecule has 1 fully saturated rings. The topological polar surface area (TPSA) is 58.6 Å². The predicted octanol–water partition coefficient (Wildman–Crippen LogP) is 3.98. The van der Waals surface area contributed by atoms with Crippen LogP contribution in [0.15, 0.2) is 66.7 Å². The van der Waals surface area contributed by atoms with E-state index in [1.165, 1.54) is 0 Å². The average molecular weight is 347 g/mol. The highest BCUT2D eigenvalue weighted by atomic mass is 16.6. The Kier molecular flexibility index (Phi) is 4.35. The van der Waals surface area contributed by atoms with Crippen LogP contribution in [0.1, 0.15) is 28.8 Å². The van der Waals surface area contributed by atoms with Crippen molar-refractivity contribution in [2.75, 3.05) is 13.1 Å². The first-order valence-electron chi connectivity index (χ1n) is 8.89. The van der Waals surface area contributed by atoms with Gasteiger partial charge in [-0.3, -0.25) is 0 Å². The minimum atomic E-state index is -0.665. The van der Waals surface area contributed by atoms with Crippen molar-refractivity contribution in [1.29, 1.82) is 0 Å². The van der Waals surface area contributed by atoms with Gasteiger partial charge in [0.25, 0.3) is 0 Å². The van der Waals surface area contributed by atoms with Crippen molar-refractivity contribution in [2.24, 2.45) is 0 Å². The van der Waals surface area contributed by atoms with Crippen LogP contribution in [-0.4, -0.2) is 24.2 Å². The van der Waals surface area contributed by atoms with Gasteiger partial charge in [-0.15, -0.1) is 0 Å². The van der Waals surface area contributed by atoms with Gasteiger partial charge in [-0.05, 0) is 41.6 Å². The summed E-state index contributed by atoms with van der Waals surface area (Å²) in [4.78, 5) is 13.0. The molecule has 1 aliphatic heterocycles. The Balaban J connectivity index is 1.70. The Bertz CT molecular complexity index is 931. The molecule has 0 radical (unpaired) electrons. The van der Waals surface area contributed by atoms with Crippen LogP contribution in [0.5, 0.6) is 5.75 Å². The van der Waals surface area contributed by atoms with Gasteiger partial charge >= 0.3 is 5.97 Å². The van der Waals surface area contributed by atoms with E-state index >= 15 is 0 Å². The summed E-state index contributed by atoms with van der Waals surface area (Å²) in [5, 5.41) is 15.5. The van der Waals surface area contributed by atoms with E-state index in [-0.39, 0.29) is 11.3 Å². The maximum atomic E-state index is 13.0. The Morgan fingerprint density at radius 3 is 2.23 bits per heavy atom. The van der Waals surface area contributed by atoms with E-state index in [2.05, 4.69) is 5.32 Å². The fourth-order valence-electron chi connectivity index (χ4n) is 3.65. The van der Waals surface area contributed by atoms with Gasteiger partial charge in [0.15, 0.2) is 0 Å². The van der Waals surface area contributed by atoms with E-state index in [9.17, 15) is 9.90 Å². The minimum Gasteiger partial charge on any atom is -0.507 e. The maximum Gasteiger partial charge on any atom is 0.342 e. The first-order valence-corrected chi connectivity index (χ1v) is 8.89. The highest BCUT2D eigenvalue weighted by molar-refractivity contribution is 5.98. The summed E-state index contributed by atoms with van der Waals surface area (Å²) in [6.07, 6.45) is 1.41. The molecule has 1 aliphatic rings. The largest absolute Gasteiger partial charge is 0.507 e. The molecule has 0 bridgehead atoms. The van der Waals surface area contributed by atoms with Crippen LogP contribution in [0.3, 0.4) is 0 Å². The van der Waals surface area contributed by atoms with Crippen LogP contribution in [0, 0.1) is 0 Å². The molecule has 4 heteroatoms. The second-order valence-electron chi connectivity index (χ2n) is 6.72. The summed E-state index contributed by atoms with van der Waals surface area (Å²) in [7, 11) is 0. The number of esters is 1. The van der Waals surface area contributed by atoms with Gasteiger partial charge in [0, 0.05) is 12.8 Å². The molecule has 0 unspecified atom stereocenters. The van der Waals surface area contributed by atoms with E-state index in [1.807, 2.05) is 54.6 Å². The third-order valence-corrected chi connectivity index (χ3v) is 5.08. The van der Waals surface area contributed by atoms with Gasteiger partial charge < -0.3 is 15.2 Å². The molecule has 132 valence electrons. The van der Waals surface area contributed by atoms with Crippen molar-refractivity contribution >= 4 is 16.7 Å². The highest BCUT2D eigenvalue weighted by Crippen LogP contribution is 2.37. The average Bonchev–Trinajstić information content (AvgIpc) is 2.69. The number of ether oxygens (including phenoxy) is 1. The molecule has 0 aromatic heterocycles. The maximum absolute atomic E-state index is 13.0. The van der Waals surface area contributed by atoms with Crippen LogP contribution < -0.4 is 5.32 Å². The Morgan fingerprint density at radius 1 is 0.923 bits per heavy atom. The second kappa shape index (κ2) is 6.81. The first kappa shape index (κ1) is 16.6. The van der Waals surface area contributed by atoms with Gasteiger partial charge in [-0.1, -0.05) is 54.6 Å². The normalized spacial score (nSPS) is 16.3. The van der Waals surface area contributed by atoms with E-state index in [0.29, 0.717) is 12.8 Å². The summed E-state index contributed by atoms with van der Waals surface area (Å²) in [5.74, 6) is -0.537. The molecular weight excluding hydrogens is 326 g/mol. The van der Waals surface area contributed by atoms with Crippen molar-refractivity contribution in [3.63, 3.8) is 0 Å². The van der Waals surface area contributed by atoms with Gasteiger partial charge in [0.1, 0.15) is 16.9 Å². The number of carbonyl (C=O) groups excluding carboxylic acids is 1. The van der Waals surface area contributed by atoms with E-state index < -0.39 is 11.6 Å². The Labute approximate surface area is 152 Å².